The van der Waals surface area contributed by atoms with Crippen LogP contribution in [0.25, 0.3) is 0 Å². The van der Waals surface area contributed by atoms with Crippen molar-refractivity contribution in [2.45, 2.75) is 6.42 Å². The SMILES string of the molecule is CSCC(=O)NCCC(N)=O. The molecule has 0 saturated heterocycles. The van der Waals surface area contributed by atoms with Crippen LogP contribution in [0.1, 0.15) is 6.42 Å². The van der Waals surface area contributed by atoms with Gasteiger partial charge >= 0.3 is 0 Å². The zero-order valence-electron chi connectivity index (χ0n) is 6.42. The lowest BCUT2D eigenvalue weighted by Crippen LogP contribution is -2.29. The Balaban J connectivity index is 3.24. The minimum Gasteiger partial charge on any atom is -0.370 e. The Morgan fingerprint density at radius 3 is 2.64 bits per heavy atom. The van der Waals surface area contributed by atoms with Gasteiger partial charge in [-0.05, 0) is 6.26 Å². The number of nitrogens with two attached hydrogens (primary N) is 1. The molecule has 64 valence electrons. The fourth-order valence-corrected chi connectivity index (χ4v) is 0.871. The first-order valence-electron chi connectivity index (χ1n) is 3.20. The topological polar surface area (TPSA) is 72.2 Å². The zero-order valence-corrected chi connectivity index (χ0v) is 7.24. The van der Waals surface area contributed by atoms with E-state index in [4.69, 9.17) is 5.73 Å². The first-order chi connectivity index (χ1) is 5.16. The average Bonchev–Trinajstić information content (AvgIpc) is 1.87. The average molecular weight is 176 g/mol. The van der Waals surface area contributed by atoms with Crippen molar-refractivity contribution in [3.05, 3.63) is 0 Å². The van der Waals surface area contributed by atoms with E-state index in [1.807, 2.05) is 6.26 Å². The fourth-order valence-electron chi connectivity index (χ4n) is 0.507. The molecule has 3 N–H and O–H groups in total. The molecule has 0 aliphatic rings. The predicted octanol–water partition coefficient (Wildman–Crippen LogP) is -0.659. The summed E-state index contributed by atoms with van der Waals surface area (Å²) in [5, 5.41) is 2.55. The molecular weight excluding hydrogens is 164 g/mol. The Bertz CT molecular complexity index is 150. The number of rotatable bonds is 5. The number of amides is 2. The smallest absolute Gasteiger partial charge is 0.229 e. The molecule has 0 spiro atoms. The summed E-state index contributed by atoms with van der Waals surface area (Å²) in [6.45, 7) is 0.342. The minimum atomic E-state index is -0.394. The van der Waals surface area contributed by atoms with Crippen LogP contribution in [-0.4, -0.2) is 30.4 Å². The highest BCUT2D eigenvalue weighted by molar-refractivity contribution is 7.99. The normalized spacial score (nSPS) is 9.18. The molecule has 0 unspecified atom stereocenters. The van der Waals surface area contributed by atoms with Crippen molar-refractivity contribution in [1.82, 2.24) is 5.32 Å². The summed E-state index contributed by atoms with van der Waals surface area (Å²) in [7, 11) is 0. The van der Waals surface area contributed by atoms with E-state index in [2.05, 4.69) is 5.32 Å². The number of nitrogens with one attached hydrogen (secondary N) is 1. The highest BCUT2D eigenvalue weighted by atomic mass is 32.2. The molecule has 0 aromatic rings. The van der Waals surface area contributed by atoms with E-state index in [0.29, 0.717) is 12.3 Å². The first kappa shape index (κ1) is 10.3. The second-order valence-electron chi connectivity index (χ2n) is 2.00. The van der Waals surface area contributed by atoms with Gasteiger partial charge in [0.05, 0.1) is 5.75 Å². The number of thioether (sulfide) groups is 1. The van der Waals surface area contributed by atoms with Gasteiger partial charge in [-0.25, -0.2) is 0 Å². The lowest BCUT2D eigenvalue weighted by atomic mass is 10.4. The van der Waals surface area contributed by atoms with Crippen molar-refractivity contribution >= 4 is 23.6 Å². The third kappa shape index (κ3) is 7.18. The second-order valence-corrected chi connectivity index (χ2v) is 2.87. The van der Waals surface area contributed by atoms with E-state index in [9.17, 15) is 9.59 Å². The van der Waals surface area contributed by atoms with Crippen LogP contribution < -0.4 is 11.1 Å². The summed E-state index contributed by atoms with van der Waals surface area (Å²) in [5.41, 5.74) is 4.86. The summed E-state index contributed by atoms with van der Waals surface area (Å²) in [4.78, 5) is 20.9. The number of carbonyl (C=O) groups excluding carboxylic acids is 2. The molecule has 11 heavy (non-hydrogen) atoms. The van der Waals surface area contributed by atoms with Crippen molar-refractivity contribution in [2.24, 2.45) is 5.73 Å². The minimum absolute atomic E-state index is 0.0567. The molecule has 0 aromatic carbocycles. The number of carbonyl (C=O) groups is 2. The monoisotopic (exact) mass is 176 g/mol. The Hall–Kier alpha value is -0.710. The van der Waals surface area contributed by atoms with Crippen LogP contribution in [-0.2, 0) is 9.59 Å². The summed E-state index contributed by atoms with van der Waals surface area (Å²) in [5.74, 6) is -0.0214. The van der Waals surface area contributed by atoms with E-state index in [1.54, 1.807) is 0 Å². The maximum atomic E-state index is 10.7. The molecule has 0 fully saturated rings. The van der Waals surface area contributed by atoms with E-state index < -0.39 is 5.91 Å². The number of hydrogen-bond acceptors (Lipinski definition) is 3. The predicted molar refractivity (Wildman–Crippen MR) is 45.2 cm³/mol. The number of hydrogen-bond donors (Lipinski definition) is 2. The molecule has 0 aliphatic heterocycles. The van der Waals surface area contributed by atoms with Crippen LogP contribution in [0.5, 0.6) is 0 Å². The van der Waals surface area contributed by atoms with Gasteiger partial charge in [0.25, 0.3) is 0 Å². The lowest BCUT2D eigenvalue weighted by Gasteiger charge is -2.00. The molecule has 0 radical (unpaired) electrons. The quantitative estimate of drug-likeness (QED) is 0.584. The van der Waals surface area contributed by atoms with Gasteiger partial charge in [0.15, 0.2) is 0 Å². The van der Waals surface area contributed by atoms with E-state index in [0.717, 1.165) is 0 Å². The van der Waals surface area contributed by atoms with Crippen molar-refractivity contribution in [3.63, 3.8) is 0 Å². The molecule has 2 amide bonds. The lowest BCUT2D eigenvalue weighted by molar-refractivity contribution is -0.119. The zero-order chi connectivity index (χ0) is 8.69. The number of primary amides is 1. The van der Waals surface area contributed by atoms with Crippen molar-refractivity contribution in [3.8, 4) is 0 Å². The molecule has 0 aliphatic carbocycles. The van der Waals surface area contributed by atoms with Crippen molar-refractivity contribution in [2.75, 3.05) is 18.6 Å². The van der Waals surface area contributed by atoms with Gasteiger partial charge in [-0.1, -0.05) is 0 Å². The van der Waals surface area contributed by atoms with E-state index in [-0.39, 0.29) is 12.3 Å². The van der Waals surface area contributed by atoms with Crippen LogP contribution in [0.15, 0.2) is 0 Å². The van der Waals surface area contributed by atoms with Gasteiger partial charge < -0.3 is 11.1 Å². The van der Waals surface area contributed by atoms with Gasteiger partial charge in [-0.3, -0.25) is 9.59 Å². The molecule has 0 bridgehead atoms. The third-order valence-corrected chi connectivity index (χ3v) is 1.52. The standard InChI is InChI=1S/C6H12N2O2S/c1-11-4-6(10)8-3-2-5(7)9/h2-4H2,1H3,(H2,7,9)(H,8,10). The van der Waals surface area contributed by atoms with Crippen LogP contribution in [0.4, 0.5) is 0 Å². The molecule has 0 heterocycles. The Labute approximate surface area is 69.9 Å². The maximum absolute atomic E-state index is 10.7. The highest BCUT2D eigenvalue weighted by Gasteiger charge is 1.99. The van der Waals surface area contributed by atoms with E-state index in [1.165, 1.54) is 11.8 Å². The third-order valence-electron chi connectivity index (χ3n) is 0.969. The van der Waals surface area contributed by atoms with Crippen LogP contribution in [0, 0.1) is 0 Å². The molecular formula is C6H12N2O2S. The maximum Gasteiger partial charge on any atom is 0.229 e. The second kappa shape index (κ2) is 6.03. The van der Waals surface area contributed by atoms with Crippen LogP contribution >= 0.6 is 11.8 Å². The van der Waals surface area contributed by atoms with Crippen molar-refractivity contribution < 1.29 is 9.59 Å². The first-order valence-corrected chi connectivity index (χ1v) is 4.60. The van der Waals surface area contributed by atoms with Gasteiger partial charge in [-0.15, -0.1) is 0 Å². The highest BCUT2D eigenvalue weighted by Crippen LogP contribution is 1.88. The molecule has 0 rings (SSSR count). The van der Waals surface area contributed by atoms with E-state index >= 15 is 0 Å². The van der Waals surface area contributed by atoms with Gasteiger partial charge in [0.2, 0.25) is 11.8 Å². The van der Waals surface area contributed by atoms with Crippen molar-refractivity contribution in [1.29, 1.82) is 0 Å². The molecule has 5 heteroatoms. The Morgan fingerprint density at radius 1 is 1.55 bits per heavy atom. The summed E-state index contributed by atoms with van der Waals surface area (Å²) in [6.07, 6.45) is 2.05. The van der Waals surface area contributed by atoms with Crippen LogP contribution in [0.3, 0.4) is 0 Å². The molecule has 0 saturated carbocycles. The van der Waals surface area contributed by atoms with Gasteiger partial charge in [0, 0.05) is 13.0 Å². The fraction of sp³-hybridized carbons (Fsp3) is 0.667. The summed E-state index contributed by atoms with van der Waals surface area (Å²) >= 11 is 1.44. The largest absolute Gasteiger partial charge is 0.370 e. The summed E-state index contributed by atoms with van der Waals surface area (Å²) in [6, 6.07) is 0. The molecule has 4 nitrogen and oxygen atoms in total. The van der Waals surface area contributed by atoms with Gasteiger partial charge in [-0.2, -0.15) is 11.8 Å². The Morgan fingerprint density at radius 2 is 2.18 bits per heavy atom. The Kier molecular flexibility index (Phi) is 5.64. The van der Waals surface area contributed by atoms with Gasteiger partial charge in [0.1, 0.15) is 0 Å². The molecule has 0 aromatic heterocycles. The summed E-state index contributed by atoms with van der Waals surface area (Å²) < 4.78 is 0. The van der Waals surface area contributed by atoms with Crippen LogP contribution in [0.2, 0.25) is 0 Å². The molecule has 0 atom stereocenters.